The number of hydrazone groups is 1. The first-order chi connectivity index (χ1) is 15.6. The molecular weight excluding hydrogens is 412 g/mol. The molecule has 2 aromatic carbocycles. The van der Waals surface area contributed by atoms with Crippen molar-refractivity contribution in [2.75, 3.05) is 39.5 Å². The molecule has 3 rings (SSSR count). The van der Waals surface area contributed by atoms with Crippen LogP contribution in [0.3, 0.4) is 0 Å². The molecule has 1 aliphatic heterocycles. The number of morpholine rings is 1. The molecule has 0 aliphatic carbocycles. The summed E-state index contributed by atoms with van der Waals surface area (Å²) in [4.78, 5) is 37.8. The summed E-state index contributed by atoms with van der Waals surface area (Å²) < 4.78 is 10.9. The van der Waals surface area contributed by atoms with Crippen molar-refractivity contribution in [2.45, 2.75) is 6.42 Å². The Bertz CT molecular complexity index is 942. The highest BCUT2D eigenvalue weighted by Crippen LogP contribution is 2.16. The third-order valence-corrected chi connectivity index (χ3v) is 4.75. The highest BCUT2D eigenvalue weighted by molar-refractivity contribution is 6.35. The number of para-hydroxylation sites is 1. The maximum Gasteiger partial charge on any atom is 0.329 e. The standard InChI is InChI=1S/C23H26N4O5/c28-21(27-12-14-31-15-13-27)17-32-20-9-5-4-8-19(20)16-25-26-23(30)22(29)24-11-10-18-6-2-1-3-7-18/h1-9,16H,10-15,17H2,(H,24,29)(H,26,30)/b25-16-. The van der Waals surface area contributed by atoms with Crippen molar-refractivity contribution in [3.05, 3.63) is 65.7 Å². The zero-order chi connectivity index (χ0) is 22.6. The van der Waals surface area contributed by atoms with E-state index in [-0.39, 0.29) is 12.5 Å². The summed E-state index contributed by atoms with van der Waals surface area (Å²) in [6.45, 7) is 2.37. The van der Waals surface area contributed by atoms with E-state index in [1.54, 1.807) is 29.2 Å². The Morgan fingerprint density at radius 1 is 1.00 bits per heavy atom. The molecule has 9 heteroatoms. The quantitative estimate of drug-likeness (QED) is 0.359. The number of hydrogen-bond donors (Lipinski definition) is 2. The lowest BCUT2D eigenvalue weighted by Crippen LogP contribution is -2.43. The molecule has 0 aromatic heterocycles. The van der Waals surface area contributed by atoms with Gasteiger partial charge in [-0.05, 0) is 24.1 Å². The van der Waals surface area contributed by atoms with Crippen LogP contribution in [0.4, 0.5) is 0 Å². The number of nitrogens with zero attached hydrogens (tertiary/aromatic N) is 2. The van der Waals surface area contributed by atoms with Gasteiger partial charge in [0.05, 0.1) is 19.4 Å². The Morgan fingerprint density at radius 2 is 1.72 bits per heavy atom. The van der Waals surface area contributed by atoms with E-state index in [1.165, 1.54) is 6.21 Å². The summed E-state index contributed by atoms with van der Waals surface area (Å²) in [5.41, 5.74) is 3.82. The fourth-order valence-electron chi connectivity index (χ4n) is 3.02. The minimum atomic E-state index is -0.866. The topological polar surface area (TPSA) is 109 Å². The van der Waals surface area contributed by atoms with Crippen LogP contribution in [0.25, 0.3) is 0 Å². The normalized spacial score (nSPS) is 13.6. The number of amides is 3. The molecule has 0 radical (unpaired) electrons. The molecule has 0 spiro atoms. The van der Waals surface area contributed by atoms with Gasteiger partial charge in [0.1, 0.15) is 5.75 Å². The monoisotopic (exact) mass is 438 g/mol. The SMILES string of the molecule is O=C(NCCc1ccccc1)C(=O)N/N=C\c1ccccc1OCC(=O)N1CCOCC1. The molecule has 168 valence electrons. The molecule has 0 saturated carbocycles. The van der Waals surface area contributed by atoms with Crippen molar-refractivity contribution >= 4 is 23.9 Å². The largest absolute Gasteiger partial charge is 0.483 e. The highest BCUT2D eigenvalue weighted by Gasteiger charge is 2.17. The van der Waals surface area contributed by atoms with Crippen molar-refractivity contribution in [3.8, 4) is 5.75 Å². The first-order valence-corrected chi connectivity index (χ1v) is 10.4. The van der Waals surface area contributed by atoms with Crippen LogP contribution in [-0.2, 0) is 25.5 Å². The fraction of sp³-hybridized carbons (Fsp3) is 0.304. The van der Waals surface area contributed by atoms with Crippen LogP contribution in [0.5, 0.6) is 5.75 Å². The van der Waals surface area contributed by atoms with Crippen molar-refractivity contribution in [1.29, 1.82) is 0 Å². The average molecular weight is 438 g/mol. The summed E-state index contributed by atoms with van der Waals surface area (Å²) in [6.07, 6.45) is 1.99. The van der Waals surface area contributed by atoms with Gasteiger partial charge in [-0.25, -0.2) is 5.43 Å². The van der Waals surface area contributed by atoms with Crippen molar-refractivity contribution in [1.82, 2.24) is 15.6 Å². The van der Waals surface area contributed by atoms with Crippen molar-refractivity contribution in [2.24, 2.45) is 5.10 Å². The molecule has 1 fully saturated rings. The Hall–Kier alpha value is -3.72. The molecule has 1 heterocycles. The first-order valence-electron chi connectivity index (χ1n) is 10.4. The van der Waals surface area contributed by atoms with Gasteiger partial charge in [-0.1, -0.05) is 42.5 Å². The summed E-state index contributed by atoms with van der Waals surface area (Å²) in [6, 6.07) is 16.6. The molecule has 2 N–H and O–H groups in total. The van der Waals surface area contributed by atoms with Gasteiger partial charge in [-0.3, -0.25) is 14.4 Å². The molecule has 0 atom stereocenters. The minimum Gasteiger partial charge on any atom is -0.483 e. The predicted octanol–water partition coefficient (Wildman–Crippen LogP) is 0.733. The van der Waals surface area contributed by atoms with Gasteiger partial charge in [-0.2, -0.15) is 5.10 Å². The minimum absolute atomic E-state index is 0.110. The van der Waals surface area contributed by atoms with E-state index in [2.05, 4.69) is 15.8 Å². The van der Waals surface area contributed by atoms with E-state index in [0.717, 1.165) is 5.56 Å². The molecule has 1 aliphatic rings. The van der Waals surface area contributed by atoms with Gasteiger partial charge >= 0.3 is 11.8 Å². The lowest BCUT2D eigenvalue weighted by atomic mass is 10.1. The third kappa shape index (κ3) is 7.21. The zero-order valence-corrected chi connectivity index (χ0v) is 17.7. The van der Waals surface area contributed by atoms with E-state index in [0.29, 0.717) is 50.6 Å². The molecular formula is C23H26N4O5. The Morgan fingerprint density at radius 3 is 2.50 bits per heavy atom. The number of carbonyl (C=O) groups is 3. The smallest absolute Gasteiger partial charge is 0.329 e. The second-order valence-corrected chi connectivity index (χ2v) is 7.01. The molecule has 1 saturated heterocycles. The molecule has 2 aromatic rings. The van der Waals surface area contributed by atoms with E-state index in [4.69, 9.17) is 9.47 Å². The van der Waals surface area contributed by atoms with E-state index in [9.17, 15) is 14.4 Å². The maximum atomic E-state index is 12.2. The third-order valence-electron chi connectivity index (χ3n) is 4.75. The van der Waals surface area contributed by atoms with Gasteiger partial charge in [-0.15, -0.1) is 0 Å². The van der Waals surface area contributed by atoms with E-state index >= 15 is 0 Å². The Labute approximate surface area is 186 Å². The molecule has 9 nitrogen and oxygen atoms in total. The van der Waals surface area contributed by atoms with Crippen LogP contribution in [0.1, 0.15) is 11.1 Å². The maximum absolute atomic E-state index is 12.2. The summed E-state index contributed by atoms with van der Waals surface area (Å²) in [7, 11) is 0. The van der Waals surface area contributed by atoms with Gasteiger partial charge in [0.25, 0.3) is 5.91 Å². The van der Waals surface area contributed by atoms with Crippen molar-refractivity contribution < 1.29 is 23.9 Å². The second kappa shape index (κ2) is 12.2. The van der Waals surface area contributed by atoms with Crippen LogP contribution in [0.2, 0.25) is 0 Å². The number of ether oxygens (including phenoxy) is 2. The van der Waals surface area contributed by atoms with E-state index in [1.807, 2.05) is 30.3 Å². The Kier molecular flexibility index (Phi) is 8.76. The molecule has 32 heavy (non-hydrogen) atoms. The number of hydrogen-bond acceptors (Lipinski definition) is 6. The van der Waals surface area contributed by atoms with Crippen molar-refractivity contribution in [3.63, 3.8) is 0 Å². The number of carbonyl (C=O) groups excluding carboxylic acids is 3. The van der Waals surface area contributed by atoms with Gasteiger partial charge in [0.15, 0.2) is 6.61 Å². The number of nitrogens with one attached hydrogen (secondary N) is 2. The van der Waals surface area contributed by atoms with Crippen LogP contribution in [0.15, 0.2) is 59.7 Å². The lowest BCUT2D eigenvalue weighted by Gasteiger charge is -2.26. The van der Waals surface area contributed by atoms with Crippen LogP contribution in [0, 0.1) is 0 Å². The molecule has 0 bridgehead atoms. The summed E-state index contributed by atoms with van der Waals surface area (Å²) in [5, 5.41) is 6.38. The second-order valence-electron chi connectivity index (χ2n) is 7.01. The molecule has 3 amide bonds. The lowest BCUT2D eigenvalue weighted by molar-refractivity contribution is -0.139. The summed E-state index contributed by atoms with van der Waals surface area (Å²) >= 11 is 0. The molecule has 0 unspecified atom stereocenters. The van der Waals surface area contributed by atoms with Crippen LogP contribution in [-0.4, -0.2) is 68.3 Å². The first kappa shape index (κ1) is 23.0. The highest BCUT2D eigenvalue weighted by atomic mass is 16.5. The average Bonchev–Trinajstić information content (AvgIpc) is 2.84. The van der Waals surface area contributed by atoms with Crippen LogP contribution < -0.4 is 15.5 Å². The van der Waals surface area contributed by atoms with Gasteiger partial charge < -0.3 is 19.7 Å². The van der Waals surface area contributed by atoms with Gasteiger partial charge in [0, 0.05) is 25.2 Å². The fourth-order valence-corrected chi connectivity index (χ4v) is 3.02. The Balaban J connectivity index is 1.44. The number of benzene rings is 2. The summed E-state index contributed by atoms with van der Waals surface area (Å²) in [5.74, 6) is -1.31. The van der Waals surface area contributed by atoms with Gasteiger partial charge in [0.2, 0.25) is 0 Å². The zero-order valence-electron chi connectivity index (χ0n) is 17.7. The van der Waals surface area contributed by atoms with E-state index < -0.39 is 11.8 Å². The predicted molar refractivity (Wildman–Crippen MR) is 118 cm³/mol. The number of rotatable bonds is 8. The van der Waals surface area contributed by atoms with Crippen LogP contribution >= 0.6 is 0 Å².